The first kappa shape index (κ1) is 10.8. The molecule has 0 saturated carbocycles. The van der Waals surface area contributed by atoms with E-state index >= 15 is 0 Å². The molecule has 0 unspecified atom stereocenters. The Kier molecular flexibility index (Phi) is 3.33. The van der Waals surface area contributed by atoms with E-state index < -0.39 is 0 Å². The van der Waals surface area contributed by atoms with Gasteiger partial charge in [0.05, 0.1) is 0 Å². The van der Waals surface area contributed by atoms with Crippen molar-refractivity contribution in [3.05, 3.63) is 42.0 Å². The smallest absolute Gasteiger partial charge is 0.123 e. The number of hydrogen-bond donors (Lipinski definition) is 2. The number of phenolic OH excluding ortho intramolecular Hbond substituents is 1. The maximum atomic E-state index is 9.55. The van der Waals surface area contributed by atoms with Crippen LogP contribution in [0, 0.1) is 0 Å². The fourth-order valence-corrected chi connectivity index (χ4v) is 1.52. The highest BCUT2D eigenvalue weighted by atomic mass is 35.5. The molecule has 3 heteroatoms. The van der Waals surface area contributed by atoms with E-state index in [4.69, 9.17) is 5.73 Å². The first-order valence-corrected chi connectivity index (χ1v) is 4.22. The van der Waals surface area contributed by atoms with Crippen molar-refractivity contribution in [1.82, 2.24) is 0 Å². The molecule has 0 aliphatic heterocycles. The van der Waals surface area contributed by atoms with Gasteiger partial charge in [0, 0.05) is 11.9 Å². The van der Waals surface area contributed by atoms with Crippen molar-refractivity contribution >= 4 is 23.2 Å². The summed E-state index contributed by atoms with van der Waals surface area (Å²) in [5, 5.41) is 11.4. The summed E-state index contributed by atoms with van der Waals surface area (Å²) in [5.74, 6) is 0.313. The van der Waals surface area contributed by atoms with Crippen molar-refractivity contribution in [2.75, 3.05) is 0 Å². The third-order valence-corrected chi connectivity index (χ3v) is 2.21. The molecule has 2 nitrogen and oxygen atoms in total. The van der Waals surface area contributed by atoms with Crippen molar-refractivity contribution < 1.29 is 5.11 Å². The van der Waals surface area contributed by atoms with Gasteiger partial charge in [0.1, 0.15) is 5.75 Å². The number of phenols is 1. The predicted molar refractivity (Wildman–Crippen MR) is 60.8 cm³/mol. The summed E-state index contributed by atoms with van der Waals surface area (Å²) in [4.78, 5) is 0. The van der Waals surface area contributed by atoms with Crippen LogP contribution in [0.3, 0.4) is 0 Å². The molecular weight excluding hydrogens is 198 g/mol. The summed E-state index contributed by atoms with van der Waals surface area (Å²) >= 11 is 0. The van der Waals surface area contributed by atoms with Gasteiger partial charge in [0.15, 0.2) is 0 Å². The zero-order chi connectivity index (χ0) is 9.26. The third kappa shape index (κ3) is 1.67. The van der Waals surface area contributed by atoms with Crippen LogP contribution in [0.5, 0.6) is 5.75 Å². The standard InChI is InChI=1S/C11H11NO.ClH/c12-7-8-5-6-11(13)10-4-2-1-3-9(8)10;/h1-6,13H,7,12H2;1H. The van der Waals surface area contributed by atoms with Crippen molar-refractivity contribution in [3.8, 4) is 5.75 Å². The average Bonchev–Trinajstić information content (AvgIpc) is 2.19. The molecule has 0 aliphatic carbocycles. The minimum atomic E-state index is 0. The zero-order valence-corrected chi connectivity index (χ0v) is 8.42. The van der Waals surface area contributed by atoms with Gasteiger partial charge in [-0.05, 0) is 17.0 Å². The van der Waals surface area contributed by atoms with Crippen molar-refractivity contribution in [2.24, 2.45) is 5.73 Å². The second kappa shape index (κ2) is 4.31. The Balaban J connectivity index is 0.000000980. The summed E-state index contributed by atoms with van der Waals surface area (Å²) < 4.78 is 0. The molecule has 0 heterocycles. The second-order valence-corrected chi connectivity index (χ2v) is 2.99. The highest BCUT2D eigenvalue weighted by Crippen LogP contribution is 2.26. The third-order valence-electron chi connectivity index (χ3n) is 2.21. The molecule has 14 heavy (non-hydrogen) atoms. The van der Waals surface area contributed by atoms with Crippen LogP contribution in [0.4, 0.5) is 0 Å². The molecule has 0 amide bonds. The van der Waals surface area contributed by atoms with Crippen LogP contribution in [0.1, 0.15) is 5.56 Å². The summed E-state index contributed by atoms with van der Waals surface area (Å²) in [7, 11) is 0. The number of aromatic hydroxyl groups is 1. The van der Waals surface area contributed by atoms with E-state index in [9.17, 15) is 5.11 Å². The van der Waals surface area contributed by atoms with Gasteiger partial charge in [0.25, 0.3) is 0 Å². The lowest BCUT2D eigenvalue weighted by Gasteiger charge is -2.05. The number of rotatable bonds is 1. The van der Waals surface area contributed by atoms with E-state index in [1.54, 1.807) is 6.07 Å². The number of hydrogen-bond acceptors (Lipinski definition) is 2. The molecule has 74 valence electrons. The van der Waals surface area contributed by atoms with Gasteiger partial charge in [-0.2, -0.15) is 0 Å². The lowest BCUT2D eigenvalue weighted by atomic mass is 10.0. The second-order valence-electron chi connectivity index (χ2n) is 2.99. The van der Waals surface area contributed by atoms with E-state index in [0.29, 0.717) is 12.3 Å². The average molecular weight is 210 g/mol. The van der Waals surface area contributed by atoms with Gasteiger partial charge in [-0.25, -0.2) is 0 Å². The lowest BCUT2D eigenvalue weighted by Crippen LogP contribution is -1.96. The van der Waals surface area contributed by atoms with Crippen molar-refractivity contribution in [3.63, 3.8) is 0 Å². The fourth-order valence-electron chi connectivity index (χ4n) is 1.52. The Hall–Kier alpha value is -1.25. The molecule has 2 aromatic carbocycles. The molecule has 0 saturated heterocycles. The van der Waals surface area contributed by atoms with E-state index in [0.717, 1.165) is 16.3 Å². The zero-order valence-electron chi connectivity index (χ0n) is 7.60. The Bertz CT molecular complexity index is 442. The van der Waals surface area contributed by atoms with Crippen LogP contribution < -0.4 is 5.73 Å². The maximum Gasteiger partial charge on any atom is 0.123 e. The molecule has 2 aromatic rings. The summed E-state index contributed by atoms with van der Waals surface area (Å²) in [6, 6.07) is 11.3. The number of halogens is 1. The number of fused-ring (bicyclic) bond motifs is 1. The minimum absolute atomic E-state index is 0. The molecule has 0 spiro atoms. The van der Waals surface area contributed by atoms with Crippen molar-refractivity contribution in [2.45, 2.75) is 6.54 Å². The monoisotopic (exact) mass is 209 g/mol. The molecule has 0 bridgehead atoms. The Labute approximate surface area is 88.8 Å². The number of nitrogens with two attached hydrogens (primary N) is 1. The maximum absolute atomic E-state index is 9.55. The molecule has 3 N–H and O–H groups in total. The molecule has 0 fully saturated rings. The summed E-state index contributed by atoms with van der Waals surface area (Å²) in [6.45, 7) is 0.501. The quantitative estimate of drug-likeness (QED) is 0.758. The summed E-state index contributed by atoms with van der Waals surface area (Å²) in [5.41, 5.74) is 6.65. The van der Waals surface area contributed by atoms with Crippen LogP contribution in [-0.2, 0) is 6.54 Å². The van der Waals surface area contributed by atoms with Gasteiger partial charge in [-0.1, -0.05) is 30.3 Å². The molecule has 0 aromatic heterocycles. The van der Waals surface area contributed by atoms with Crippen LogP contribution in [0.2, 0.25) is 0 Å². The Morgan fingerprint density at radius 3 is 2.29 bits per heavy atom. The van der Waals surface area contributed by atoms with Crippen LogP contribution >= 0.6 is 12.4 Å². The highest BCUT2D eigenvalue weighted by molar-refractivity contribution is 5.90. The topological polar surface area (TPSA) is 46.2 Å². The van der Waals surface area contributed by atoms with Gasteiger partial charge in [-0.15, -0.1) is 12.4 Å². The molecule has 2 rings (SSSR count). The van der Waals surface area contributed by atoms with Crippen LogP contribution in [-0.4, -0.2) is 5.11 Å². The first-order chi connectivity index (χ1) is 6.33. The minimum Gasteiger partial charge on any atom is -0.507 e. The van der Waals surface area contributed by atoms with Gasteiger partial charge in [-0.3, -0.25) is 0 Å². The van der Waals surface area contributed by atoms with E-state index in [1.807, 2.05) is 30.3 Å². The van der Waals surface area contributed by atoms with Gasteiger partial charge >= 0.3 is 0 Å². The SMILES string of the molecule is Cl.NCc1ccc(O)c2ccccc12. The van der Waals surface area contributed by atoms with Gasteiger partial charge in [0.2, 0.25) is 0 Å². The molecule has 0 atom stereocenters. The molecule has 0 radical (unpaired) electrons. The van der Waals surface area contributed by atoms with Crippen LogP contribution in [0.25, 0.3) is 10.8 Å². The van der Waals surface area contributed by atoms with E-state index in [-0.39, 0.29) is 12.4 Å². The first-order valence-electron chi connectivity index (χ1n) is 4.22. The number of benzene rings is 2. The summed E-state index contributed by atoms with van der Waals surface area (Å²) in [6.07, 6.45) is 0. The Morgan fingerprint density at radius 1 is 1.00 bits per heavy atom. The molecule has 0 aliphatic rings. The Morgan fingerprint density at radius 2 is 1.64 bits per heavy atom. The largest absolute Gasteiger partial charge is 0.507 e. The fraction of sp³-hybridized carbons (Fsp3) is 0.0909. The normalized spacial score (nSPS) is 9.79. The van der Waals surface area contributed by atoms with E-state index in [2.05, 4.69) is 0 Å². The predicted octanol–water partition coefficient (Wildman–Crippen LogP) is 2.43. The van der Waals surface area contributed by atoms with Crippen LogP contribution in [0.15, 0.2) is 36.4 Å². The molecular formula is C11H12ClNO. The van der Waals surface area contributed by atoms with Crippen molar-refractivity contribution in [1.29, 1.82) is 0 Å². The van der Waals surface area contributed by atoms with Gasteiger partial charge < -0.3 is 10.8 Å². The lowest BCUT2D eigenvalue weighted by molar-refractivity contribution is 0.481. The highest BCUT2D eigenvalue weighted by Gasteiger charge is 2.01. The van der Waals surface area contributed by atoms with E-state index in [1.165, 1.54) is 0 Å².